The predicted molar refractivity (Wildman–Crippen MR) is 103 cm³/mol. The van der Waals surface area contributed by atoms with E-state index in [4.69, 9.17) is 5.73 Å². The quantitative estimate of drug-likeness (QED) is 0.560. The van der Waals surface area contributed by atoms with Gasteiger partial charge in [-0.25, -0.2) is 0 Å². The highest BCUT2D eigenvalue weighted by Crippen LogP contribution is 2.26. The highest BCUT2D eigenvalue weighted by molar-refractivity contribution is 9.11. The molecule has 2 aromatic rings. The van der Waals surface area contributed by atoms with Gasteiger partial charge in [0.2, 0.25) is 0 Å². The summed E-state index contributed by atoms with van der Waals surface area (Å²) in [6.07, 6.45) is 6.81. The molecular formula is C18H22Br2N2. The molecule has 1 fully saturated rings. The van der Waals surface area contributed by atoms with Gasteiger partial charge in [-0.05, 0) is 69.0 Å². The van der Waals surface area contributed by atoms with Crippen LogP contribution in [0, 0.1) is 0 Å². The normalized spacial score (nSPS) is 14.8. The monoisotopic (exact) mass is 424 g/mol. The molecule has 0 heterocycles. The lowest BCUT2D eigenvalue weighted by Gasteiger charge is -2.24. The molecule has 0 aliphatic heterocycles. The van der Waals surface area contributed by atoms with Crippen molar-refractivity contribution in [3.05, 3.63) is 57.5 Å². The van der Waals surface area contributed by atoms with Gasteiger partial charge in [0.25, 0.3) is 0 Å². The van der Waals surface area contributed by atoms with Crippen molar-refractivity contribution < 1.29 is 0 Å². The number of nitrogens with two attached hydrogens (primary N) is 1. The van der Waals surface area contributed by atoms with Crippen LogP contribution in [0.15, 0.2) is 57.5 Å². The fraction of sp³-hybridized carbons (Fsp3) is 0.333. The van der Waals surface area contributed by atoms with Crippen LogP contribution in [0.5, 0.6) is 0 Å². The van der Waals surface area contributed by atoms with Gasteiger partial charge < -0.3 is 11.1 Å². The van der Waals surface area contributed by atoms with Crippen molar-refractivity contribution in [2.75, 3.05) is 11.1 Å². The van der Waals surface area contributed by atoms with Crippen LogP contribution in [0.25, 0.3) is 0 Å². The van der Waals surface area contributed by atoms with Gasteiger partial charge in [0, 0.05) is 26.4 Å². The number of nitrogen functional groups attached to an aromatic ring is 1. The smallest absolute Gasteiger partial charge is 0.0486 e. The van der Waals surface area contributed by atoms with Gasteiger partial charge in [-0.15, -0.1) is 0 Å². The Morgan fingerprint density at radius 3 is 1.95 bits per heavy atom. The lowest BCUT2D eigenvalue weighted by Crippen LogP contribution is -2.22. The number of benzene rings is 2. The molecule has 0 atom stereocenters. The molecule has 0 saturated heterocycles. The Hall–Kier alpha value is -1.000. The fourth-order valence-electron chi connectivity index (χ4n) is 2.52. The molecule has 4 heteroatoms. The number of hydrogen-bond donors (Lipinski definition) is 2. The molecule has 118 valence electrons. The Morgan fingerprint density at radius 2 is 1.41 bits per heavy atom. The van der Waals surface area contributed by atoms with E-state index in [1.807, 2.05) is 24.3 Å². The first kappa shape index (κ1) is 17.4. The molecule has 1 aliphatic carbocycles. The first-order chi connectivity index (χ1) is 10.7. The van der Waals surface area contributed by atoms with E-state index >= 15 is 0 Å². The summed E-state index contributed by atoms with van der Waals surface area (Å²) in [5.74, 6) is 0. The van der Waals surface area contributed by atoms with E-state index in [-0.39, 0.29) is 0 Å². The van der Waals surface area contributed by atoms with Gasteiger partial charge in [-0.3, -0.25) is 0 Å². The molecule has 0 spiro atoms. The molecule has 1 aliphatic rings. The Kier molecular flexibility index (Phi) is 7.26. The highest BCUT2D eigenvalue weighted by Gasteiger charge is 2.13. The molecule has 3 rings (SSSR count). The van der Waals surface area contributed by atoms with Crippen molar-refractivity contribution in [1.82, 2.24) is 0 Å². The van der Waals surface area contributed by atoms with Crippen LogP contribution in [0.4, 0.5) is 11.4 Å². The van der Waals surface area contributed by atoms with Crippen LogP contribution >= 0.6 is 31.9 Å². The number of halogens is 2. The van der Waals surface area contributed by atoms with E-state index < -0.39 is 0 Å². The summed E-state index contributed by atoms with van der Waals surface area (Å²) in [5, 5.41) is 3.60. The maximum atomic E-state index is 5.47. The molecule has 22 heavy (non-hydrogen) atoms. The third-order valence-corrected chi connectivity index (χ3v) is 5.16. The van der Waals surface area contributed by atoms with Crippen LogP contribution in [0.1, 0.15) is 32.1 Å². The van der Waals surface area contributed by atoms with Crippen molar-refractivity contribution >= 4 is 43.2 Å². The van der Waals surface area contributed by atoms with Gasteiger partial charge >= 0.3 is 0 Å². The Bertz CT molecular complexity index is 560. The van der Waals surface area contributed by atoms with Gasteiger partial charge in [0.15, 0.2) is 0 Å². The molecule has 0 aromatic heterocycles. The summed E-state index contributed by atoms with van der Waals surface area (Å²) >= 11 is 6.83. The maximum Gasteiger partial charge on any atom is 0.0486 e. The average Bonchev–Trinajstić information content (AvgIpc) is 2.54. The van der Waals surface area contributed by atoms with E-state index in [2.05, 4.69) is 61.4 Å². The van der Waals surface area contributed by atoms with Crippen molar-refractivity contribution in [1.29, 1.82) is 0 Å². The van der Waals surface area contributed by atoms with Crippen LogP contribution in [-0.2, 0) is 0 Å². The minimum Gasteiger partial charge on any atom is -0.398 e. The summed E-state index contributed by atoms with van der Waals surface area (Å²) in [6.45, 7) is 0. The zero-order chi connectivity index (χ0) is 15.8. The molecule has 3 N–H and O–H groups in total. The molecule has 0 amide bonds. The number of rotatable bonds is 2. The molecule has 2 aromatic carbocycles. The van der Waals surface area contributed by atoms with Gasteiger partial charge in [0.05, 0.1) is 0 Å². The predicted octanol–water partition coefficient (Wildman–Crippen LogP) is 6.23. The lowest BCUT2D eigenvalue weighted by atomic mass is 9.95. The second kappa shape index (κ2) is 9.21. The van der Waals surface area contributed by atoms with E-state index in [9.17, 15) is 0 Å². The number of hydrogen-bond acceptors (Lipinski definition) is 2. The summed E-state index contributed by atoms with van der Waals surface area (Å²) in [6, 6.07) is 16.6. The molecule has 0 radical (unpaired) electrons. The topological polar surface area (TPSA) is 38.0 Å². The summed E-state index contributed by atoms with van der Waals surface area (Å²) < 4.78 is 2.13. The van der Waals surface area contributed by atoms with Crippen molar-refractivity contribution in [3.8, 4) is 0 Å². The Balaban J connectivity index is 0.000000188. The molecule has 2 nitrogen and oxygen atoms in total. The third kappa shape index (κ3) is 5.65. The van der Waals surface area contributed by atoms with Gasteiger partial charge in [-0.1, -0.05) is 43.5 Å². The standard InChI is InChI=1S/C12H16BrN.C6H6BrN/c13-11-8-4-5-9-12(11)14-10-6-2-1-3-7-10;7-5-3-1-2-4-6(5)8/h4-5,8-10,14H,1-3,6-7H2;1-4H,8H2. The zero-order valence-electron chi connectivity index (χ0n) is 12.6. The maximum absolute atomic E-state index is 5.47. The summed E-state index contributed by atoms with van der Waals surface area (Å²) in [5.41, 5.74) is 7.49. The first-order valence-electron chi connectivity index (χ1n) is 7.68. The largest absolute Gasteiger partial charge is 0.398 e. The Labute approximate surface area is 149 Å². The minimum atomic E-state index is 0.683. The molecular weight excluding hydrogens is 404 g/mol. The van der Waals surface area contributed by atoms with Gasteiger partial charge in [-0.2, -0.15) is 0 Å². The van der Waals surface area contributed by atoms with E-state index in [1.165, 1.54) is 42.3 Å². The van der Waals surface area contributed by atoms with E-state index in [0.29, 0.717) is 6.04 Å². The SMILES string of the molecule is Brc1ccccc1NC1CCCCC1.Nc1ccccc1Br. The molecule has 1 saturated carbocycles. The number of para-hydroxylation sites is 2. The second-order valence-electron chi connectivity index (χ2n) is 5.48. The molecule has 0 bridgehead atoms. The second-order valence-corrected chi connectivity index (χ2v) is 7.19. The van der Waals surface area contributed by atoms with Crippen molar-refractivity contribution in [3.63, 3.8) is 0 Å². The van der Waals surface area contributed by atoms with E-state index in [0.717, 1.165) is 10.2 Å². The summed E-state index contributed by atoms with van der Waals surface area (Å²) in [4.78, 5) is 0. The first-order valence-corrected chi connectivity index (χ1v) is 9.26. The minimum absolute atomic E-state index is 0.683. The summed E-state index contributed by atoms with van der Waals surface area (Å²) in [7, 11) is 0. The van der Waals surface area contributed by atoms with Crippen LogP contribution in [0.2, 0.25) is 0 Å². The Morgan fingerprint density at radius 1 is 0.818 bits per heavy atom. The van der Waals surface area contributed by atoms with Crippen LogP contribution in [-0.4, -0.2) is 6.04 Å². The van der Waals surface area contributed by atoms with Crippen LogP contribution < -0.4 is 11.1 Å². The molecule has 0 unspecified atom stereocenters. The number of anilines is 2. The lowest BCUT2D eigenvalue weighted by molar-refractivity contribution is 0.462. The average molecular weight is 426 g/mol. The zero-order valence-corrected chi connectivity index (χ0v) is 15.7. The number of nitrogens with one attached hydrogen (secondary N) is 1. The third-order valence-electron chi connectivity index (χ3n) is 3.74. The van der Waals surface area contributed by atoms with Crippen molar-refractivity contribution in [2.24, 2.45) is 0 Å². The van der Waals surface area contributed by atoms with Crippen molar-refractivity contribution in [2.45, 2.75) is 38.1 Å². The fourth-order valence-corrected chi connectivity index (χ4v) is 3.20. The van der Waals surface area contributed by atoms with E-state index in [1.54, 1.807) is 0 Å². The van der Waals surface area contributed by atoms with Gasteiger partial charge in [0.1, 0.15) is 0 Å². The van der Waals surface area contributed by atoms with Crippen LogP contribution in [0.3, 0.4) is 0 Å². The highest BCUT2D eigenvalue weighted by atomic mass is 79.9.